The van der Waals surface area contributed by atoms with E-state index in [1.165, 1.54) is 4.31 Å². The normalized spacial score (nSPS) is 11.9. The Bertz CT molecular complexity index is 531. The number of carboxylic acids is 1. The predicted octanol–water partition coefficient (Wildman–Crippen LogP) is 1.70. The van der Waals surface area contributed by atoms with Crippen LogP contribution >= 0.6 is 0 Å². The van der Waals surface area contributed by atoms with Crippen LogP contribution in [0.15, 0.2) is 11.2 Å². The largest absolute Gasteiger partial charge is 0.478 e. The molecule has 0 aliphatic rings. The van der Waals surface area contributed by atoms with Crippen molar-refractivity contribution in [3.05, 3.63) is 11.8 Å². The zero-order chi connectivity index (χ0) is 15.2. The second kappa shape index (κ2) is 7.39. The first kappa shape index (κ1) is 16.6. The summed E-state index contributed by atoms with van der Waals surface area (Å²) in [6.07, 6.45) is 4.23. The van der Waals surface area contributed by atoms with Gasteiger partial charge in [-0.25, -0.2) is 13.2 Å². The molecular weight excluding hydrogens is 282 g/mol. The molecule has 20 heavy (non-hydrogen) atoms. The Hall–Kier alpha value is -1.41. The summed E-state index contributed by atoms with van der Waals surface area (Å²) in [6.45, 7) is 4.72. The first-order valence-corrected chi connectivity index (χ1v) is 8.15. The van der Waals surface area contributed by atoms with Crippen molar-refractivity contribution in [2.75, 3.05) is 13.1 Å². The zero-order valence-electron chi connectivity index (χ0n) is 11.8. The minimum Gasteiger partial charge on any atom is -0.478 e. The average molecular weight is 303 g/mol. The summed E-state index contributed by atoms with van der Waals surface area (Å²) in [5.74, 6) is -1.30. The number of aromatic nitrogens is 2. The van der Waals surface area contributed by atoms with Crippen LogP contribution in [0.5, 0.6) is 0 Å². The van der Waals surface area contributed by atoms with E-state index in [0.29, 0.717) is 13.1 Å². The minimum absolute atomic E-state index is 0.317. The molecule has 0 bridgehead atoms. The van der Waals surface area contributed by atoms with Crippen LogP contribution in [0.4, 0.5) is 0 Å². The zero-order valence-corrected chi connectivity index (χ0v) is 12.6. The standard InChI is InChI=1S/C12H21N3O4S/c1-3-5-7-15(8-6-4-2)20(18,19)11-10(12(16)17)9-13-14-11/h9H,3-8H2,1-2H3,(H,13,14)(H,16,17). The number of hydrogen-bond acceptors (Lipinski definition) is 4. The summed E-state index contributed by atoms with van der Waals surface area (Å²) in [7, 11) is -3.84. The molecule has 0 saturated carbocycles. The van der Waals surface area contributed by atoms with Crippen LogP contribution in [0.2, 0.25) is 0 Å². The molecule has 2 N–H and O–H groups in total. The molecule has 7 nitrogen and oxygen atoms in total. The SMILES string of the molecule is CCCCN(CCCC)S(=O)(=O)c1[nH]ncc1C(=O)O. The van der Waals surface area contributed by atoms with Gasteiger partial charge in [0, 0.05) is 13.1 Å². The molecule has 0 atom stereocenters. The highest BCUT2D eigenvalue weighted by atomic mass is 32.2. The fourth-order valence-corrected chi connectivity index (χ4v) is 3.36. The maximum Gasteiger partial charge on any atom is 0.340 e. The molecule has 1 aromatic heterocycles. The van der Waals surface area contributed by atoms with Gasteiger partial charge in [0.15, 0.2) is 5.03 Å². The molecule has 0 radical (unpaired) electrons. The number of aromatic amines is 1. The van der Waals surface area contributed by atoms with Crippen molar-refractivity contribution in [1.82, 2.24) is 14.5 Å². The Morgan fingerprint density at radius 3 is 2.30 bits per heavy atom. The number of carboxylic acid groups (broad SMARTS) is 1. The molecule has 0 aliphatic carbocycles. The Balaban J connectivity index is 3.07. The van der Waals surface area contributed by atoms with E-state index in [-0.39, 0.29) is 10.6 Å². The summed E-state index contributed by atoms with van der Waals surface area (Å²) in [6, 6.07) is 0. The number of rotatable bonds is 9. The van der Waals surface area contributed by atoms with Gasteiger partial charge in [-0.05, 0) is 12.8 Å². The molecule has 0 aliphatic heterocycles. The Morgan fingerprint density at radius 2 is 1.85 bits per heavy atom. The Kier molecular flexibility index (Phi) is 6.15. The lowest BCUT2D eigenvalue weighted by Crippen LogP contribution is -2.34. The number of carbonyl (C=O) groups is 1. The van der Waals surface area contributed by atoms with Crippen molar-refractivity contribution < 1.29 is 18.3 Å². The van der Waals surface area contributed by atoms with Gasteiger partial charge >= 0.3 is 5.97 Å². The molecule has 0 aromatic carbocycles. The van der Waals surface area contributed by atoms with E-state index in [0.717, 1.165) is 31.9 Å². The van der Waals surface area contributed by atoms with E-state index in [4.69, 9.17) is 5.11 Å². The monoisotopic (exact) mass is 303 g/mol. The van der Waals surface area contributed by atoms with Crippen molar-refractivity contribution in [3.63, 3.8) is 0 Å². The molecule has 1 rings (SSSR count). The van der Waals surface area contributed by atoms with Gasteiger partial charge < -0.3 is 5.11 Å². The molecular formula is C12H21N3O4S. The van der Waals surface area contributed by atoms with E-state index in [1.807, 2.05) is 13.8 Å². The van der Waals surface area contributed by atoms with Crippen molar-refractivity contribution in [2.45, 2.75) is 44.6 Å². The molecule has 0 unspecified atom stereocenters. The number of aromatic carboxylic acids is 1. The highest BCUT2D eigenvalue weighted by molar-refractivity contribution is 7.89. The van der Waals surface area contributed by atoms with Crippen molar-refractivity contribution in [1.29, 1.82) is 0 Å². The number of nitrogens with zero attached hydrogens (tertiary/aromatic N) is 2. The second-order valence-corrected chi connectivity index (χ2v) is 6.40. The number of nitrogens with one attached hydrogen (secondary N) is 1. The van der Waals surface area contributed by atoms with E-state index in [1.54, 1.807) is 0 Å². The minimum atomic E-state index is -3.84. The first-order valence-electron chi connectivity index (χ1n) is 6.71. The summed E-state index contributed by atoms with van der Waals surface area (Å²) < 4.78 is 26.4. The Labute approximate surface area is 119 Å². The van der Waals surface area contributed by atoms with E-state index < -0.39 is 16.0 Å². The van der Waals surface area contributed by atoms with E-state index in [9.17, 15) is 13.2 Å². The Morgan fingerprint density at radius 1 is 1.30 bits per heavy atom. The predicted molar refractivity (Wildman–Crippen MR) is 74.1 cm³/mol. The van der Waals surface area contributed by atoms with Gasteiger partial charge in [-0.15, -0.1) is 0 Å². The third-order valence-electron chi connectivity index (χ3n) is 2.95. The average Bonchev–Trinajstić information content (AvgIpc) is 2.88. The van der Waals surface area contributed by atoms with Crippen LogP contribution in [0.25, 0.3) is 0 Å². The molecule has 0 amide bonds. The van der Waals surface area contributed by atoms with Gasteiger partial charge in [0.05, 0.1) is 6.20 Å². The van der Waals surface area contributed by atoms with Crippen molar-refractivity contribution in [3.8, 4) is 0 Å². The number of unbranched alkanes of at least 4 members (excludes halogenated alkanes) is 2. The summed E-state index contributed by atoms with van der Waals surface area (Å²) >= 11 is 0. The van der Waals surface area contributed by atoms with E-state index in [2.05, 4.69) is 10.2 Å². The topological polar surface area (TPSA) is 103 Å². The third kappa shape index (κ3) is 3.80. The van der Waals surface area contributed by atoms with Gasteiger partial charge in [-0.1, -0.05) is 26.7 Å². The van der Waals surface area contributed by atoms with Gasteiger partial charge in [0.25, 0.3) is 10.0 Å². The van der Waals surface area contributed by atoms with Crippen LogP contribution in [0.3, 0.4) is 0 Å². The van der Waals surface area contributed by atoms with Crippen LogP contribution in [-0.2, 0) is 10.0 Å². The van der Waals surface area contributed by atoms with Gasteiger partial charge in [0.2, 0.25) is 0 Å². The fraction of sp³-hybridized carbons (Fsp3) is 0.667. The quantitative estimate of drug-likeness (QED) is 0.722. The van der Waals surface area contributed by atoms with Crippen LogP contribution in [0, 0.1) is 0 Å². The highest BCUT2D eigenvalue weighted by Crippen LogP contribution is 2.19. The fourth-order valence-electron chi connectivity index (χ4n) is 1.77. The second-order valence-electron chi connectivity index (χ2n) is 4.53. The van der Waals surface area contributed by atoms with E-state index >= 15 is 0 Å². The number of hydrogen-bond donors (Lipinski definition) is 2. The van der Waals surface area contributed by atoms with Gasteiger partial charge in [0.1, 0.15) is 5.56 Å². The summed E-state index contributed by atoms with van der Waals surface area (Å²) in [4.78, 5) is 11.0. The van der Waals surface area contributed by atoms with Crippen LogP contribution in [0.1, 0.15) is 49.9 Å². The first-order chi connectivity index (χ1) is 9.45. The molecule has 8 heteroatoms. The molecule has 0 saturated heterocycles. The van der Waals surface area contributed by atoms with Crippen molar-refractivity contribution in [2.24, 2.45) is 0 Å². The lowest BCUT2D eigenvalue weighted by molar-refractivity contribution is 0.0692. The highest BCUT2D eigenvalue weighted by Gasteiger charge is 2.30. The van der Waals surface area contributed by atoms with Crippen LogP contribution < -0.4 is 0 Å². The van der Waals surface area contributed by atoms with Gasteiger partial charge in [-0.2, -0.15) is 9.40 Å². The maximum absolute atomic E-state index is 12.5. The molecule has 1 aromatic rings. The lowest BCUT2D eigenvalue weighted by atomic mass is 10.3. The molecule has 0 spiro atoms. The maximum atomic E-state index is 12.5. The molecule has 114 valence electrons. The summed E-state index contributed by atoms with van der Waals surface area (Å²) in [5, 5.41) is 14.5. The number of H-pyrrole nitrogens is 1. The smallest absolute Gasteiger partial charge is 0.340 e. The van der Waals surface area contributed by atoms with Crippen molar-refractivity contribution >= 4 is 16.0 Å². The van der Waals surface area contributed by atoms with Crippen LogP contribution in [-0.4, -0.2) is 47.1 Å². The third-order valence-corrected chi connectivity index (χ3v) is 4.83. The summed E-state index contributed by atoms with van der Waals surface area (Å²) in [5.41, 5.74) is -0.317. The molecule has 0 fully saturated rings. The molecule has 1 heterocycles. The number of sulfonamides is 1. The lowest BCUT2D eigenvalue weighted by Gasteiger charge is -2.21. The van der Waals surface area contributed by atoms with Gasteiger partial charge in [-0.3, -0.25) is 5.10 Å².